The molecule has 0 saturated heterocycles. The summed E-state index contributed by atoms with van der Waals surface area (Å²) in [5.41, 5.74) is -1.91. The molecule has 92 valence electrons. The third kappa shape index (κ3) is 2.76. The second-order valence-electron chi connectivity index (χ2n) is 2.98. The topological polar surface area (TPSA) is 74.6 Å². The molecule has 0 amide bonds. The summed E-state index contributed by atoms with van der Waals surface area (Å²) in [7, 11) is 0. The lowest BCUT2D eigenvalue weighted by molar-refractivity contribution is -0.137. The molecule has 4 nitrogen and oxygen atoms in total. The van der Waals surface area contributed by atoms with Crippen LogP contribution in [0.5, 0.6) is 5.75 Å². The monoisotopic (exact) mass is 312 g/mol. The van der Waals surface area contributed by atoms with Crippen molar-refractivity contribution in [2.24, 2.45) is 0 Å². The first-order valence-corrected chi connectivity index (χ1v) is 4.81. The Labute approximate surface area is 101 Å². The summed E-state index contributed by atoms with van der Waals surface area (Å²) in [6.45, 7) is 0. The Bertz CT molecular complexity index is 472. The first-order valence-electron chi connectivity index (χ1n) is 4.02. The summed E-state index contributed by atoms with van der Waals surface area (Å²) in [5, 5.41) is 17.7. The number of rotatable bonds is 2. The summed E-state index contributed by atoms with van der Waals surface area (Å²) < 4.78 is 36.5. The summed E-state index contributed by atoms with van der Waals surface area (Å²) >= 11 is 2.62. The van der Waals surface area contributed by atoms with E-state index in [2.05, 4.69) is 15.9 Å². The zero-order valence-corrected chi connectivity index (χ0v) is 9.46. The molecule has 0 unspecified atom stereocenters. The number of phenols is 1. The number of hydrogen-bond acceptors (Lipinski definition) is 3. The maximum absolute atomic E-state index is 12.3. The highest BCUT2D eigenvalue weighted by Crippen LogP contribution is 2.36. The van der Waals surface area contributed by atoms with Crippen LogP contribution in [0.1, 0.15) is 15.9 Å². The van der Waals surface area contributed by atoms with E-state index in [-0.39, 0.29) is 0 Å². The van der Waals surface area contributed by atoms with Gasteiger partial charge in [-0.05, 0) is 28.1 Å². The van der Waals surface area contributed by atoms with E-state index in [0.29, 0.717) is 12.1 Å². The van der Waals surface area contributed by atoms with Crippen molar-refractivity contribution in [2.45, 2.75) is 6.18 Å². The Balaban J connectivity index is 3.40. The fourth-order valence-corrected chi connectivity index (χ4v) is 1.72. The Morgan fingerprint density at radius 1 is 1.24 bits per heavy atom. The summed E-state index contributed by atoms with van der Waals surface area (Å²) in [6.07, 6.45) is -4.70. The molecule has 0 aliphatic rings. The van der Waals surface area contributed by atoms with Gasteiger partial charge in [0.15, 0.2) is 0 Å². The lowest BCUT2D eigenvalue weighted by Gasteiger charge is -2.10. The van der Waals surface area contributed by atoms with Gasteiger partial charge in [-0.15, -0.1) is 0 Å². The number of ketones is 1. The Hall–Kier alpha value is -1.57. The maximum Gasteiger partial charge on any atom is 0.416 e. The van der Waals surface area contributed by atoms with E-state index in [9.17, 15) is 27.9 Å². The van der Waals surface area contributed by atoms with Crippen LogP contribution in [0.15, 0.2) is 16.6 Å². The highest BCUT2D eigenvalue weighted by atomic mass is 79.9. The van der Waals surface area contributed by atoms with Crippen molar-refractivity contribution in [1.82, 2.24) is 0 Å². The van der Waals surface area contributed by atoms with Gasteiger partial charge in [-0.3, -0.25) is 4.79 Å². The normalized spacial score (nSPS) is 11.3. The molecule has 0 aliphatic heterocycles. The van der Waals surface area contributed by atoms with Crippen LogP contribution >= 0.6 is 15.9 Å². The summed E-state index contributed by atoms with van der Waals surface area (Å²) in [6, 6.07) is 0.816. The third-order valence-electron chi connectivity index (χ3n) is 1.82. The van der Waals surface area contributed by atoms with Crippen LogP contribution in [0, 0.1) is 0 Å². The van der Waals surface area contributed by atoms with Gasteiger partial charge in [0.05, 0.1) is 11.1 Å². The van der Waals surface area contributed by atoms with E-state index in [4.69, 9.17) is 5.11 Å². The van der Waals surface area contributed by atoms with E-state index in [0.717, 1.165) is 0 Å². The zero-order valence-electron chi connectivity index (χ0n) is 7.88. The van der Waals surface area contributed by atoms with E-state index in [1.165, 1.54) is 0 Å². The molecule has 0 fully saturated rings. The van der Waals surface area contributed by atoms with Crippen molar-refractivity contribution in [2.75, 3.05) is 0 Å². The number of carboxylic acid groups (broad SMARTS) is 1. The minimum atomic E-state index is -4.70. The van der Waals surface area contributed by atoms with E-state index in [1.54, 1.807) is 0 Å². The molecule has 17 heavy (non-hydrogen) atoms. The number of halogens is 4. The predicted octanol–water partition coefficient (Wildman–Crippen LogP) is 2.44. The molecule has 0 aromatic heterocycles. The average molecular weight is 313 g/mol. The van der Waals surface area contributed by atoms with Gasteiger partial charge >= 0.3 is 12.1 Å². The lowest BCUT2D eigenvalue weighted by atomic mass is 10.1. The fraction of sp³-hybridized carbons (Fsp3) is 0.111. The van der Waals surface area contributed by atoms with Gasteiger partial charge in [-0.25, -0.2) is 4.79 Å². The van der Waals surface area contributed by atoms with Crippen molar-refractivity contribution in [3.63, 3.8) is 0 Å². The van der Waals surface area contributed by atoms with Gasteiger partial charge in [-0.1, -0.05) is 0 Å². The van der Waals surface area contributed by atoms with E-state index < -0.39 is 39.3 Å². The number of phenolic OH excluding ortho intramolecular Hbond substituents is 1. The number of alkyl halides is 3. The Kier molecular flexibility index (Phi) is 3.46. The number of hydrogen-bond donors (Lipinski definition) is 2. The molecule has 1 rings (SSSR count). The molecule has 0 spiro atoms. The van der Waals surface area contributed by atoms with Crippen molar-refractivity contribution < 1.29 is 33.0 Å². The quantitative estimate of drug-likeness (QED) is 0.649. The number of carbonyl (C=O) groups is 2. The average Bonchev–Trinajstić information content (AvgIpc) is 2.14. The van der Waals surface area contributed by atoms with Crippen molar-refractivity contribution >= 4 is 27.7 Å². The first-order chi connectivity index (χ1) is 7.64. The smallest absolute Gasteiger partial charge is 0.416 e. The van der Waals surface area contributed by atoms with Gasteiger partial charge in [0, 0.05) is 4.47 Å². The van der Waals surface area contributed by atoms with Crippen LogP contribution in [-0.2, 0) is 11.0 Å². The van der Waals surface area contributed by atoms with Gasteiger partial charge in [0.1, 0.15) is 5.75 Å². The Morgan fingerprint density at radius 2 is 1.76 bits per heavy atom. The molecule has 0 radical (unpaired) electrons. The molecule has 0 bridgehead atoms. The SMILES string of the molecule is O=C(O)C(=O)c1c(O)cc(C(F)(F)F)cc1Br. The number of carboxylic acids is 1. The van der Waals surface area contributed by atoms with Crippen LogP contribution < -0.4 is 0 Å². The van der Waals surface area contributed by atoms with E-state index >= 15 is 0 Å². The zero-order chi connectivity index (χ0) is 13.4. The van der Waals surface area contributed by atoms with Gasteiger partial charge < -0.3 is 10.2 Å². The minimum Gasteiger partial charge on any atom is -0.507 e. The summed E-state index contributed by atoms with van der Waals surface area (Å²) in [5.74, 6) is -4.41. The molecule has 1 aromatic carbocycles. The second-order valence-corrected chi connectivity index (χ2v) is 3.84. The standard InChI is InChI=1S/C9H4BrF3O4/c10-4-1-3(9(11,12)13)2-5(14)6(4)7(15)8(16)17/h1-2,14H,(H,16,17). The van der Waals surface area contributed by atoms with Gasteiger partial charge in [0.25, 0.3) is 5.78 Å². The van der Waals surface area contributed by atoms with Crippen LogP contribution in [-0.4, -0.2) is 22.0 Å². The van der Waals surface area contributed by atoms with Crippen LogP contribution in [0.25, 0.3) is 0 Å². The van der Waals surface area contributed by atoms with E-state index in [1.807, 2.05) is 0 Å². The molecule has 2 N–H and O–H groups in total. The third-order valence-corrected chi connectivity index (χ3v) is 2.44. The number of benzene rings is 1. The highest BCUT2D eigenvalue weighted by Gasteiger charge is 2.33. The van der Waals surface area contributed by atoms with Crippen molar-refractivity contribution in [3.05, 3.63) is 27.7 Å². The number of aliphatic carboxylic acids is 1. The fourth-order valence-electron chi connectivity index (χ4n) is 1.09. The number of Topliss-reactive ketones (excluding diaryl/α,β-unsaturated/α-hetero) is 1. The molecular formula is C9H4BrF3O4. The molecule has 0 heterocycles. The predicted molar refractivity (Wildman–Crippen MR) is 52.8 cm³/mol. The number of aromatic hydroxyl groups is 1. The minimum absolute atomic E-state index is 0.293. The molecule has 0 saturated carbocycles. The van der Waals surface area contributed by atoms with Crippen molar-refractivity contribution in [1.29, 1.82) is 0 Å². The molecular weight excluding hydrogens is 309 g/mol. The van der Waals surface area contributed by atoms with Crippen LogP contribution in [0.3, 0.4) is 0 Å². The largest absolute Gasteiger partial charge is 0.507 e. The first kappa shape index (κ1) is 13.5. The molecule has 0 aliphatic carbocycles. The number of carbonyl (C=O) groups excluding carboxylic acids is 1. The van der Waals surface area contributed by atoms with Gasteiger partial charge in [0.2, 0.25) is 0 Å². The maximum atomic E-state index is 12.3. The summed E-state index contributed by atoms with van der Waals surface area (Å²) in [4.78, 5) is 21.5. The van der Waals surface area contributed by atoms with Crippen LogP contribution in [0.2, 0.25) is 0 Å². The molecule has 0 atom stereocenters. The molecule has 1 aromatic rings. The van der Waals surface area contributed by atoms with Crippen LogP contribution in [0.4, 0.5) is 13.2 Å². The second kappa shape index (κ2) is 4.36. The Morgan fingerprint density at radius 3 is 2.12 bits per heavy atom. The van der Waals surface area contributed by atoms with Gasteiger partial charge in [-0.2, -0.15) is 13.2 Å². The lowest BCUT2D eigenvalue weighted by Crippen LogP contribution is -2.14. The molecule has 8 heteroatoms. The highest BCUT2D eigenvalue weighted by molar-refractivity contribution is 9.10. The van der Waals surface area contributed by atoms with Crippen molar-refractivity contribution in [3.8, 4) is 5.75 Å².